The Balaban J connectivity index is 2.51. The van der Waals surface area contributed by atoms with Gasteiger partial charge in [-0.3, -0.25) is 0 Å². The number of rotatable bonds is 3. The van der Waals surface area contributed by atoms with Crippen molar-refractivity contribution >= 4 is 42.7 Å². The lowest BCUT2D eigenvalue weighted by atomic mass is 10.2. The molecular weight excluding hydrogens is 236 g/mol. The summed E-state index contributed by atoms with van der Waals surface area (Å²) in [6, 6.07) is 10.4. The molecule has 1 aromatic carbocycles. The fourth-order valence-electron chi connectivity index (χ4n) is 0.924. The third-order valence-corrected chi connectivity index (χ3v) is 6.17. The third-order valence-electron chi connectivity index (χ3n) is 1.47. The average molecular weight is 244 g/mol. The first kappa shape index (κ1) is 9.84. The van der Waals surface area contributed by atoms with E-state index in [1.54, 1.807) is 0 Å². The van der Waals surface area contributed by atoms with Crippen molar-refractivity contribution in [1.29, 1.82) is 0 Å². The molecule has 0 radical (unpaired) electrons. The second kappa shape index (κ2) is 5.41. The summed E-state index contributed by atoms with van der Waals surface area (Å²) in [7, 11) is 0. The summed E-state index contributed by atoms with van der Waals surface area (Å²) in [5.41, 5.74) is 1.33. The molecule has 1 rings (SSSR count). The first-order valence-corrected chi connectivity index (χ1v) is 8.72. The highest BCUT2D eigenvalue weighted by Crippen LogP contribution is 2.07. The molecule has 0 heterocycles. The van der Waals surface area contributed by atoms with Crippen LogP contribution >= 0.6 is 24.5 Å². The third kappa shape index (κ3) is 3.79. The zero-order chi connectivity index (χ0) is 8.10. The fourth-order valence-corrected chi connectivity index (χ4v) is 2.23. The lowest BCUT2D eigenvalue weighted by Gasteiger charge is -2.03. The summed E-state index contributed by atoms with van der Waals surface area (Å²) in [6.45, 7) is 0. The van der Waals surface area contributed by atoms with Gasteiger partial charge in [-0.25, -0.2) is 0 Å². The lowest BCUT2D eigenvalue weighted by molar-refractivity contribution is 1.08. The molecule has 0 aliphatic rings. The molecule has 11 heavy (non-hydrogen) atoms. The number of benzene rings is 1. The molecule has 0 saturated heterocycles. The molecule has 0 aliphatic carbocycles. The van der Waals surface area contributed by atoms with Crippen molar-refractivity contribution in [2.24, 2.45) is 0 Å². The summed E-state index contributed by atoms with van der Waals surface area (Å²) < 4.78 is 0.345. The molecule has 0 aliphatic heterocycles. The van der Waals surface area contributed by atoms with Crippen molar-refractivity contribution in [3.05, 3.63) is 35.9 Å². The van der Waals surface area contributed by atoms with E-state index in [2.05, 4.69) is 37.1 Å². The molecule has 1 unspecified atom stereocenters. The second-order valence-corrected chi connectivity index (χ2v) is 6.81. The van der Waals surface area contributed by atoms with Crippen molar-refractivity contribution in [3.8, 4) is 0 Å². The Morgan fingerprint density at radius 3 is 2.55 bits per heavy atom. The van der Waals surface area contributed by atoms with Crippen molar-refractivity contribution in [1.82, 2.24) is 0 Å². The first-order chi connectivity index (χ1) is 5.33. The van der Waals surface area contributed by atoms with Crippen LogP contribution in [0.1, 0.15) is 5.56 Å². The molecular formula is C8H8BrClMg. The van der Waals surface area contributed by atoms with Crippen LogP contribution in [0.4, 0.5) is 0 Å². The van der Waals surface area contributed by atoms with Gasteiger partial charge in [-0.1, -0.05) is 30.3 Å². The van der Waals surface area contributed by atoms with Gasteiger partial charge in [-0.05, 0) is 15.5 Å². The van der Waals surface area contributed by atoms with E-state index in [1.165, 1.54) is 5.56 Å². The molecule has 0 fully saturated rings. The van der Waals surface area contributed by atoms with E-state index in [1.807, 2.05) is 6.07 Å². The maximum atomic E-state index is 6.01. The van der Waals surface area contributed by atoms with E-state index >= 15 is 0 Å². The summed E-state index contributed by atoms with van der Waals surface area (Å²) in [6.07, 6.45) is 1.000. The molecule has 0 N–H and O–H groups in total. The van der Waals surface area contributed by atoms with E-state index < -0.39 is 0 Å². The van der Waals surface area contributed by atoms with Crippen molar-refractivity contribution in [2.75, 3.05) is 0 Å². The minimum atomic E-state index is -0.228. The fraction of sp³-hybridized carbons (Fsp3) is 0.250. The Bertz CT molecular complexity index is 203. The quantitative estimate of drug-likeness (QED) is 0.566. The van der Waals surface area contributed by atoms with Gasteiger partial charge >= 0.3 is 18.2 Å². The summed E-state index contributed by atoms with van der Waals surface area (Å²) in [4.78, 5) is 0. The topological polar surface area (TPSA) is 0 Å². The summed E-state index contributed by atoms with van der Waals surface area (Å²) >= 11 is 9.27. The number of alkyl halides is 1. The van der Waals surface area contributed by atoms with Gasteiger partial charge in [-0.2, -0.15) is 11.6 Å². The molecule has 0 spiro atoms. The SMILES string of the molecule is Cl[CH](Cc1ccccc1)[Mg][Br]. The Labute approximate surface area is 87.9 Å². The van der Waals surface area contributed by atoms with Gasteiger partial charge in [0.1, 0.15) is 0 Å². The van der Waals surface area contributed by atoms with Crippen LogP contribution in [0.3, 0.4) is 0 Å². The minimum Gasteiger partial charge on any atom is -0.304 e. The van der Waals surface area contributed by atoms with Crippen LogP contribution in [-0.4, -0.2) is 21.7 Å². The largest absolute Gasteiger partial charge is 0.491 e. The number of halogens is 2. The number of hydrogen-bond donors (Lipinski definition) is 0. The van der Waals surface area contributed by atoms with Crippen LogP contribution in [0.15, 0.2) is 30.3 Å². The number of hydrogen-bond acceptors (Lipinski definition) is 0. The van der Waals surface area contributed by atoms with Crippen LogP contribution in [0.2, 0.25) is 0 Å². The molecule has 3 heteroatoms. The predicted octanol–water partition coefficient (Wildman–Crippen LogP) is 2.81. The smallest absolute Gasteiger partial charge is 0.304 e. The Kier molecular flexibility index (Phi) is 4.84. The highest BCUT2D eigenvalue weighted by molar-refractivity contribution is 9.23. The lowest BCUT2D eigenvalue weighted by Crippen LogP contribution is -2.06. The van der Waals surface area contributed by atoms with Crippen LogP contribution in [0, 0.1) is 0 Å². The first-order valence-electron chi connectivity index (χ1n) is 3.57. The normalized spacial score (nSPS) is 12.2. The van der Waals surface area contributed by atoms with E-state index in [0.717, 1.165) is 6.42 Å². The van der Waals surface area contributed by atoms with Crippen molar-refractivity contribution in [3.63, 3.8) is 0 Å². The maximum Gasteiger partial charge on any atom is 0.491 e. The molecule has 0 nitrogen and oxygen atoms in total. The maximum absolute atomic E-state index is 6.01. The van der Waals surface area contributed by atoms with Crippen LogP contribution < -0.4 is 0 Å². The highest BCUT2D eigenvalue weighted by atomic mass is 79.9. The summed E-state index contributed by atoms with van der Waals surface area (Å²) in [5, 5.41) is 0. The van der Waals surface area contributed by atoms with Crippen molar-refractivity contribution < 1.29 is 0 Å². The molecule has 1 aromatic rings. The van der Waals surface area contributed by atoms with Crippen LogP contribution in [0.25, 0.3) is 0 Å². The molecule has 56 valence electrons. The molecule has 1 atom stereocenters. The van der Waals surface area contributed by atoms with E-state index in [-0.39, 0.29) is 18.2 Å². The van der Waals surface area contributed by atoms with E-state index in [0.29, 0.717) is 3.51 Å². The van der Waals surface area contributed by atoms with Gasteiger partial charge in [0.25, 0.3) is 0 Å². The molecule has 0 aromatic heterocycles. The Morgan fingerprint density at radius 2 is 2.00 bits per heavy atom. The zero-order valence-electron chi connectivity index (χ0n) is 6.13. The van der Waals surface area contributed by atoms with Gasteiger partial charge in [0, 0.05) is 0 Å². The summed E-state index contributed by atoms with van der Waals surface area (Å²) in [5.74, 6) is 0. The highest BCUT2D eigenvalue weighted by Gasteiger charge is 2.06. The van der Waals surface area contributed by atoms with E-state index in [4.69, 9.17) is 11.6 Å². The molecule has 0 saturated carbocycles. The average Bonchev–Trinajstić information content (AvgIpc) is 2.06. The second-order valence-electron chi connectivity index (χ2n) is 2.44. The predicted molar refractivity (Wildman–Crippen MR) is 54.5 cm³/mol. The minimum absolute atomic E-state index is 0.228. The monoisotopic (exact) mass is 242 g/mol. The van der Waals surface area contributed by atoms with Crippen LogP contribution in [-0.2, 0) is 6.42 Å². The standard InChI is InChI=1S/C8H8Cl.BrH.Mg/c9-7-6-8-4-2-1-3-5-8;;/h1-5,7H,6H2;1H;/q;;+1/p-1. The zero-order valence-corrected chi connectivity index (χ0v) is 9.89. The Morgan fingerprint density at radius 1 is 1.36 bits per heavy atom. The molecule has 0 bridgehead atoms. The van der Waals surface area contributed by atoms with E-state index in [9.17, 15) is 0 Å². The van der Waals surface area contributed by atoms with Gasteiger partial charge in [0.2, 0.25) is 0 Å². The van der Waals surface area contributed by atoms with Gasteiger partial charge in [0.05, 0.1) is 0 Å². The van der Waals surface area contributed by atoms with Crippen molar-refractivity contribution in [2.45, 2.75) is 9.93 Å². The van der Waals surface area contributed by atoms with Crippen LogP contribution in [0.5, 0.6) is 0 Å². The Hall–Kier alpha value is 0.756. The van der Waals surface area contributed by atoms with Gasteiger partial charge in [0.15, 0.2) is 0 Å². The molecule has 0 amide bonds. The van der Waals surface area contributed by atoms with Gasteiger partial charge in [-0.15, -0.1) is 0 Å². The van der Waals surface area contributed by atoms with Gasteiger partial charge < -0.3 is 12.9 Å².